The molecule has 2 N–H and O–H groups in total. The first-order valence-corrected chi connectivity index (χ1v) is 2.30. The van der Waals surface area contributed by atoms with Gasteiger partial charge in [0.15, 0.2) is 0 Å². The third-order valence-corrected chi connectivity index (χ3v) is 0. The number of hydrogen-bond acceptors (Lipinski definition) is 2. The van der Waals surface area contributed by atoms with E-state index in [-0.39, 0.29) is 74.4 Å². The first kappa shape index (κ1) is 16.3. The van der Waals surface area contributed by atoms with Gasteiger partial charge < -0.3 is 14.7 Å². The van der Waals surface area contributed by atoms with Crippen molar-refractivity contribution in [2.24, 2.45) is 0 Å². The van der Waals surface area contributed by atoms with Gasteiger partial charge in [-0.05, 0) is 0 Å². The van der Waals surface area contributed by atoms with Crippen molar-refractivity contribution in [3.05, 3.63) is 0 Å². The Hall–Kier alpha value is 2.51. The summed E-state index contributed by atoms with van der Waals surface area (Å²) in [6.45, 7) is 0. The first-order chi connectivity index (χ1) is 2.00. The van der Waals surface area contributed by atoms with Gasteiger partial charge in [-0.25, -0.2) is 0 Å². The van der Waals surface area contributed by atoms with Gasteiger partial charge in [-0.1, -0.05) is 0 Å². The molecule has 0 heterocycles. The summed E-state index contributed by atoms with van der Waals surface area (Å²) in [5.74, 6) is 0. The van der Waals surface area contributed by atoms with E-state index in [1.807, 2.05) is 0 Å². The van der Waals surface area contributed by atoms with E-state index in [2.05, 4.69) is 0 Å². The molecule has 0 bridgehead atoms. The average Bonchev–Trinajstić information content (AvgIpc) is 0.722. The van der Waals surface area contributed by atoms with Gasteiger partial charge in [0.2, 0.25) is 0 Å². The second-order valence-electron chi connectivity index (χ2n) is 0.491. The maximum absolute atomic E-state index is 8.77. The van der Waals surface area contributed by atoms with Crippen LogP contribution in [-0.4, -0.2) is 32.8 Å². The van der Waals surface area contributed by atoms with Crippen LogP contribution in [0.15, 0.2) is 0 Å². The summed E-state index contributed by atoms with van der Waals surface area (Å²) in [6, 6.07) is 0. The van der Waals surface area contributed by atoms with Crippen molar-refractivity contribution in [1.82, 2.24) is 0 Å². The molecule has 0 aromatic rings. The fourth-order valence-corrected chi connectivity index (χ4v) is 0. The number of phosphoric acid groups is 1. The Morgan fingerprint density at radius 2 is 1.43 bits per heavy atom. The molecule has 7 heavy (non-hydrogen) atoms. The Morgan fingerprint density at radius 3 is 1.43 bits per heavy atom. The molecule has 0 aromatic carbocycles. The predicted molar refractivity (Wildman–Crippen MR) is 20.6 cm³/mol. The zero-order valence-corrected chi connectivity index (χ0v) is 7.18. The summed E-state index contributed by atoms with van der Waals surface area (Å²) >= 11 is 0. The monoisotopic (exact) mass is 162 g/mol. The first-order valence-electron chi connectivity index (χ1n) is 0.765. The van der Waals surface area contributed by atoms with Crippen LogP contribution < -0.4 is 56.3 Å². The van der Waals surface area contributed by atoms with Crippen molar-refractivity contribution in [2.45, 2.75) is 0 Å². The molecule has 0 amide bonds. The minimum atomic E-state index is -4.89. The minimum Gasteiger partial charge on any atom is -0.756 e. The molecule has 0 spiro atoms. The maximum Gasteiger partial charge on any atom is 1.00 e. The standard InChI is InChI=1S/K.Mg.H3O4P.2H/c;;1-5(2,3)4;;/h;;(H3,1,2,3,4);;/q+1;;;;/p-1. The Labute approximate surface area is 99.5 Å². The van der Waals surface area contributed by atoms with E-state index in [0.29, 0.717) is 0 Å². The normalized spacial score (nSPS) is 8.43. The van der Waals surface area contributed by atoms with E-state index in [4.69, 9.17) is 19.2 Å². The Kier molecular flexibility index (Phi) is 15.4. The summed E-state index contributed by atoms with van der Waals surface area (Å²) in [6.07, 6.45) is 0. The van der Waals surface area contributed by atoms with Crippen LogP contribution in [0, 0.1) is 0 Å². The topological polar surface area (TPSA) is 80.6 Å². The summed E-state index contributed by atoms with van der Waals surface area (Å²) in [4.78, 5) is 22.9. The van der Waals surface area contributed by atoms with E-state index >= 15 is 0 Å². The van der Waals surface area contributed by atoms with Crippen molar-refractivity contribution in [3.8, 4) is 0 Å². The fourth-order valence-electron chi connectivity index (χ4n) is 0. The largest absolute Gasteiger partial charge is 1.00 e. The molecule has 0 aromatic heterocycles. The van der Waals surface area contributed by atoms with E-state index in [1.54, 1.807) is 0 Å². The molecule has 4 nitrogen and oxygen atoms in total. The molecule has 0 unspecified atom stereocenters. The van der Waals surface area contributed by atoms with Gasteiger partial charge in [0.05, 0.1) is 0 Å². The molecule has 0 rings (SSSR count). The molecule has 36 valence electrons. The van der Waals surface area contributed by atoms with Crippen molar-refractivity contribution < 1.29 is 70.6 Å². The van der Waals surface area contributed by atoms with Gasteiger partial charge in [-0.15, -0.1) is 0 Å². The van der Waals surface area contributed by atoms with Crippen molar-refractivity contribution >= 4 is 30.9 Å². The minimum absolute atomic E-state index is 0. The van der Waals surface area contributed by atoms with E-state index in [9.17, 15) is 0 Å². The van der Waals surface area contributed by atoms with Crippen LogP contribution in [0.2, 0.25) is 0 Å². The van der Waals surface area contributed by atoms with Crippen LogP contribution in [0.1, 0.15) is 0 Å². The zero-order chi connectivity index (χ0) is 4.50. The molecule has 7 heteroatoms. The molecule has 0 aliphatic carbocycles. The van der Waals surface area contributed by atoms with Gasteiger partial charge >= 0.3 is 74.4 Å². The smallest absolute Gasteiger partial charge is 0.756 e. The summed E-state index contributed by atoms with van der Waals surface area (Å²) in [7, 11) is -4.89. The van der Waals surface area contributed by atoms with Crippen LogP contribution in [0.3, 0.4) is 0 Å². The van der Waals surface area contributed by atoms with Gasteiger partial charge in [-0.3, -0.25) is 4.57 Å². The van der Waals surface area contributed by atoms with Crippen molar-refractivity contribution in [2.75, 3.05) is 0 Å². The van der Waals surface area contributed by atoms with Gasteiger partial charge in [0.1, 0.15) is 0 Å². The van der Waals surface area contributed by atoms with Crippen LogP contribution >= 0.6 is 7.82 Å². The van der Waals surface area contributed by atoms with Gasteiger partial charge in [-0.2, -0.15) is 0 Å². The van der Waals surface area contributed by atoms with Crippen LogP contribution in [-0.2, 0) is 4.57 Å². The summed E-state index contributed by atoms with van der Waals surface area (Å²) < 4.78 is 8.77. The quantitative estimate of drug-likeness (QED) is 0.275. The van der Waals surface area contributed by atoms with E-state index in [0.717, 1.165) is 0 Å². The molecule has 0 saturated heterocycles. The molecule has 0 atom stereocenters. The Bertz CT molecular complexity index is 57.8. The summed E-state index contributed by atoms with van der Waals surface area (Å²) in [5, 5.41) is 0. The van der Waals surface area contributed by atoms with Crippen LogP contribution in [0.25, 0.3) is 0 Å². The molecule has 0 saturated carbocycles. The molecular weight excluding hydrogens is 158 g/mol. The molecule has 0 aliphatic heterocycles. The van der Waals surface area contributed by atoms with Gasteiger partial charge in [0, 0.05) is 0 Å². The predicted octanol–water partition coefficient (Wildman–Crippen LogP) is -5.47. The third kappa shape index (κ3) is 57.2. The average molecular weight is 162 g/mol. The maximum atomic E-state index is 8.77. The number of rotatable bonds is 0. The van der Waals surface area contributed by atoms with Gasteiger partial charge in [0.25, 0.3) is 7.82 Å². The molecule has 0 aliphatic rings. The Morgan fingerprint density at radius 1 is 1.43 bits per heavy atom. The van der Waals surface area contributed by atoms with E-state index < -0.39 is 7.82 Å². The van der Waals surface area contributed by atoms with Crippen molar-refractivity contribution in [1.29, 1.82) is 0 Å². The second-order valence-corrected chi connectivity index (χ2v) is 1.47. The second kappa shape index (κ2) is 6.63. The van der Waals surface area contributed by atoms with Crippen LogP contribution in [0.5, 0.6) is 0 Å². The van der Waals surface area contributed by atoms with Crippen LogP contribution in [0.4, 0.5) is 0 Å². The third-order valence-electron chi connectivity index (χ3n) is 0. The summed E-state index contributed by atoms with van der Waals surface area (Å²) in [5.41, 5.74) is 0. The van der Waals surface area contributed by atoms with Crippen molar-refractivity contribution in [3.63, 3.8) is 0 Å². The van der Waals surface area contributed by atoms with E-state index in [1.165, 1.54) is 0 Å². The molecule has 0 radical (unpaired) electrons. The number of hydrogen-bond donors (Lipinski definition) is 2. The molecule has 0 fully saturated rings. The SMILES string of the molecule is O=P([O-])(O)O.[K+].[MgH2]. The fraction of sp³-hybridized carbons (Fsp3) is 0. The molecular formula is H4KMgO4P. The Balaban J connectivity index is -0.0000000800. The zero-order valence-electron chi connectivity index (χ0n) is 3.16.